The molecule has 0 N–H and O–H groups in total. The number of halogens is 1. The SMILES string of the molecule is CN(C)S(=O)(=O)c1ccc(F)c(C(=O)OCc2cc(-c3ccccc3)no2)c1. The van der Waals surface area contributed by atoms with Gasteiger partial charge in [-0.15, -0.1) is 0 Å². The molecule has 0 bridgehead atoms. The van der Waals surface area contributed by atoms with Crippen molar-refractivity contribution in [1.29, 1.82) is 0 Å². The monoisotopic (exact) mass is 404 g/mol. The molecule has 9 heteroatoms. The highest BCUT2D eigenvalue weighted by atomic mass is 32.2. The van der Waals surface area contributed by atoms with Gasteiger partial charge < -0.3 is 9.26 Å². The van der Waals surface area contributed by atoms with Gasteiger partial charge in [-0.1, -0.05) is 35.5 Å². The van der Waals surface area contributed by atoms with Gasteiger partial charge in [0.2, 0.25) is 10.0 Å². The summed E-state index contributed by atoms with van der Waals surface area (Å²) in [5.74, 6) is -1.62. The summed E-state index contributed by atoms with van der Waals surface area (Å²) in [4.78, 5) is 12.0. The van der Waals surface area contributed by atoms with Crippen LogP contribution < -0.4 is 0 Å². The van der Waals surface area contributed by atoms with Crippen molar-refractivity contribution in [2.45, 2.75) is 11.5 Å². The Labute approximate surface area is 161 Å². The summed E-state index contributed by atoms with van der Waals surface area (Å²) < 4.78 is 49.5. The van der Waals surface area contributed by atoms with Crippen LogP contribution in [0, 0.1) is 5.82 Å². The van der Waals surface area contributed by atoms with Crippen molar-refractivity contribution in [1.82, 2.24) is 9.46 Å². The summed E-state index contributed by atoms with van der Waals surface area (Å²) in [6, 6.07) is 13.8. The fourth-order valence-electron chi connectivity index (χ4n) is 2.37. The van der Waals surface area contributed by atoms with Crippen molar-refractivity contribution < 1.29 is 26.9 Å². The van der Waals surface area contributed by atoms with E-state index in [1.165, 1.54) is 14.1 Å². The van der Waals surface area contributed by atoms with Crippen molar-refractivity contribution in [3.05, 3.63) is 71.7 Å². The minimum atomic E-state index is -3.81. The summed E-state index contributed by atoms with van der Waals surface area (Å²) in [6.45, 7) is -0.275. The van der Waals surface area contributed by atoms with Gasteiger partial charge >= 0.3 is 5.97 Å². The fourth-order valence-corrected chi connectivity index (χ4v) is 3.30. The van der Waals surface area contributed by atoms with E-state index in [9.17, 15) is 17.6 Å². The van der Waals surface area contributed by atoms with Crippen molar-refractivity contribution in [3.63, 3.8) is 0 Å². The van der Waals surface area contributed by atoms with Gasteiger partial charge in [-0.25, -0.2) is 21.9 Å². The zero-order valence-electron chi connectivity index (χ0n) is 15.1. The third kappa shape index (κ3) is 4.10. The van der Waals surface area contributed by atoms with Gasteiger partial charge in [-0.3, -0.25) is 0 Å². The maximum Gasteiger partial charge on any atom is 0.341 e. The van der Waals surface area contributed by atoms with Crippen LogP contribution in [0.5, 0.6) is 0 Å². The number of hydrogen-bond donors (Lipinski definition) is 0. The van der Waals surface area contributed by atoms with E-state index in [0.717, 1.165) is 28.1 Å². The first-order chi connectivity index (χ1) is 13.3. The van der Waals surface area contributed by atoms with Crippen LogP contribution in [0.4, 0.5) is 4.39 Å². The molecule has 0 saturated heterocycles. The average Bonchev–Trinajstić information content (AvgIpc) is 3.16. The molecular weight excluding hydrogens is 387 g/mol. The molecule has 0 fully saturated rings. The molecule has 0 aliphatic heterocycles. The topological polar surface area (TPSA) is 89.7 Å². The molecule has 146 valence electrons. The molecule has 3 rings (SSSR count). The first-order valence-corrected chi connectivity index (χ1v) is 9.63. The van der Waals surface area contributed by atoms with E-state index in [1.54, 1.807) is 6.07 Å². The lowest BCUT2D eigenvalue weighted by molar-refractivity contribution is 0.0431. The molecule has 0 amide bonds. The highest BCUT2D eigenvalue weighted by Gasteiger charge is 2.22. The van der Waals surface area contributed by atoms with E-state index < -0.39 is 27.4 Å². The van der Waals surface area contributed by atoms with Gasteiger partial charge in [0.1, 0.15) is 11.5 Å². The smallest absolute Gasteiger partial charge is 0.341 e. The lowest BCUT2D eigenvalue weighted by Crippen LogP contribution is -2.22. The second-order valence-electron chi connectivity index (χ2n) is 6.05. The van der Waals surface area contributed by atoms with Gasteiger partial charge in [-0.05, 0) is 18.2 Å². The minimum absolute atomic E-state index is 0.211. The predicted molar refractivity (Wildman–Crippen MR) is 98.3 cm³/mol. The number of esters is 1. The highest BCUT2D eigenvalue weighted by molar-refractivity contribution is 7.89. The van der Waals surface area contributed by atoms with E-state index in [4.69, 9.17) is 9.26 Å². The van der Waals surface area contributed by atoms with Crippen LogP contribution in [0.15, 0.2) is 64.0 Å². The van der Waals surface area contributed by atoms with Gasteiger partial charge in [-0.2, -0.15) is 0 Å². The van der Waals surface area contributed by atoms with Gasteiger partial charge in [0.05, 0.1) is 10.5 Å². The van der Waals surface area contributed by atoms with E-state index >= 15 is 0 Å². The van der Waals surface area contributed by atoms with E-state index in [1.807, 2.05) is 30.3 Å². The maximum atomic E-state index is 14.0. The third-order valence-corrected chi connectivity index (χ3v) is 5.72. The first kappa shape index (κ1) is 19.7. The average molecular weight is 404 g/mol. The Morgan fingerprint density at radius 3 is 2.54 bits per heavy atom. The summed E-state index contributed by atoms with van der Waals surface area (Å²) in [6.07, 6.45) is 0. The Bertz CT molecular complexity index is 1090. The molecule has 3 aromatic rings. The molecule has 1 aromatic heterocycles. The summed E-state index contributed by atoms with van der Waals surface area (Å²) in [5, 5.41) is 3.90. The zero-order chi connectivity index (χ0) is 20.3. The van der Waals surface area contributed by atoms with Gasteiger partial charge in [0.15, 0.2) is 12.4 Å². The number of hydrogen-bond acceptors (Lipinski definition) is 6. The van der Waals surface area contributed by atoms with E-state index in [2.05, 4.69) is 5.16 Å². The Kier molecular flexibility index (Phi) is 5.57. The maximum absolute atomic E-state index is 14.0. The molecule has 7 nitrogen and oxygen atoms in total. The van der Waals surface area contributed by atoms with Crippen LogP contribution in [0.25, 0.3) is 11.3 Å². The van der Waals surface area contributed by atoms with Crippen molar-refractivity contribution in [2.24, 2.45) is 0 Å². The second kappa shape index (κ2) is 7.91. The van der Waals surface area contributed by atoms with Crippen molar-refractivity contribution in [3.8, 4) is 11.3 Å². The van der Waals surface area contributed by atoms with Gasteiger partial charge in [0.25, 0.3) is 0 Å². The van der Waals surface area contributed by atoms with Crippen LogP contribution in [-0.2, 0) is 21.4 Å². The Morgan fingerprint density at radius 1 is 1.14 bits per heavy atom. The largest absolute Gasteiger partial charge is 0.454 e. The molecule has 0 radical (unpaired) electrons. The van der Waals surface area contributed by atoms with E-state index in [0.29, 0.717) is 5.69 Å². The molecule has 0 aliphatic carbocycles. The number of aromatic nitrogens is 1. The molecule has 0 aliphatic rings. The summed E-state index contributed by atoms with van der Waals surface area (Å²) >= 11 is 0. The lowest BCUT2D eigenvalue weighted by Gasteiger charge is -2.12. The Morgan fingerprint density at radius 2 is 1.86 bits per heavy atom. The number of rotatable bonds is 6. The van der Waals surface area contributed by atoms with Crippen LogP contribution in [0.3, 0.4) is 0 Å². The quantitative estimate of drug-likeness (QED) is 0.587. The fraction of sp³-hybridized carbons (Fsp3) is 0.158. The number of ether oxygens (including phenoxy) is 1. The Balaban J connectivity index is 1.75. The Hall–Kier alpha value is -3.04. The van der Waals surface area contributed by atoms with Crippen LogP contribution in [0.2, 0.25) is 0 Å². The molecule has 0 spiro atoms. The van der Waals surface area contributed by atoms with Crippen LogP contribution in [-0.4, -0.2) is 37.9 Å². The number of benzene rings is 2. The lowest BCUT2D eigenvalue weighted by atomic mass is 10.1. The molecule has 1 heterocycles. The van der Waals surface area contributed by atoms with Crippen molar-refractivity contribution in [2.75, 3.05) is 14.1 Å². The number of carbonyl (C=O) groups excluding carboxylic acids is 1. The van der Waals surface area contributed by atoms with Crippen LogP contribution in [0.1, 0.15) is 16.1 Å². The first-order valence-electron chi connectivity index (χ1n) is 8.19. The summed E-state index contributed by atoms with van der Waals surface area (Å²) in [7, 11) is -1.14. The van der Waals surface area contributed by atoms with Crippen LogP contribution >= 0.6 is 0 Å². The number of nitrogens with zero attached hydrogens (tertiary/aromatic N) is 2. The minimum Gasteiger partial charge on any atom is -0.454 e. The molecule has 2 aromatic carbocycles. The molecule has 0 unspecified atom stereocenters. The standard InChI is InChI=1S/C19H17FN2O5S/c1-22(2)28(24,25)15-8-9-17(20)16(11-15)19(23)26-12-14-10-18(21-27-14)13-6-4-3-5-7-13/h3-11H,12H2,1-2H3. The van der Waals surface area contributed by atoms with Crippen molar-refractivity contribution >= 4 is 16.0 Å². The molecular formula is C19H17FN2O5S. The van der Waals surface area contributed by atoms with E-state index in [-0.39, 0.29) is 17.3 Å². The number of carbonyl (C=O) groups is 1. The second-order valence-corrected chi connectivity index (χ2v) is 8.20. The zero-order valence-corrected chi connectivity index (χ0v) is 15.9. The molecule has 0 atom stereocenters. The highest BCUT2D eigenvalue weighted by Crippen LogP contribution is 2.21. The summed E-state index contributed by atoms with van der Waals surface area (Å²) in [5.41, 5.74) is 0.916. The molecule has 28 heavy (non-hydrogen) atoms. The van der Waals surface area contributed by atoms with Gasteiger partial charge in [0, 0.05) is 25.7 Å². The third-order valence-electron chi connectivity index (χ3n) is 3.91. The number of sulfonamides is 1. The molecule has 0 saturated carbocycles. The normalized spacial score (nSPS) is 11.6. The predicted octanol–water partition coefficient (Wildman–Crippen LogP) is 3.09.